The van der Waals surface area contributed by atoms with Gasteiger partial charge in [-0.3, -0.25) is 10.1 Å². The number of nitrogens with zero attached hydrogens (tertiary/aromatic N) is 2. The van der Waals surface area contributed by atoms with Crippen LogP contribution < -0.4 is 10.1 Å². The molecule has 154 valence electrons. The summed E-state index contributed by atoms with van der Waals surface area (Å²) in [6.45, 7) is 0.728. The zero-order chi connectivity index (χ0) is 21.2. The summed E-state index contributed by atoms with van der Waals surface area (Å²) in [5, 5.41) is 2.37. The first-order valence-corrected chi connectivity index (χ1v) is 8.72. The van der Waals surface area contributed by atoms with E-state index in [-0.39, 0.29) is 16.7 Å². The highest BCUT2D eigenvalue weighted by Crippen LogP contribution is 2.29. The molecule has 12 heteroatoms. The summed E-state index contributed by atoms with van der Waals surface area (Å²) < 4.78 is 75.7. The molecule has 0 unspecified atom stereocenters. The number of aromatic nitrogens is 2. The van der Waals surface area contributed by atoms with E-state index in [4.69, 9.17) is 4.42 Å². The SMILES string of the molecule is CC(F)(F)Cc1nsc(NC(=O)c2cc(-c3cccc(OC(F)(F)F)c3)co2)n1. The second-order valence-corrected chi connectivity index (χ2v) is 6.74. The maximum absolute atomic E-state index is 13.0. The van der Waals surface area contributed by atoms with E-state index in [2.05, 4.69) is 19.4 Å². The van der Waals surface area contributed by atoms with Crippen molar-refractivity contribution in [2.75, 3.05) is 5.32 Å². The molecular weight excluding hydrogens is 421 g/mol. The zero-order valence-corrected chi connectivity index (χ0v) is 15.4. The normalized spacial score (nSPS) is 12.1. The van der Waals surface area contributed by atoms with Crippen molar-refractivity contribution in [1.82, 2.24) is 9.36 Å². The molecule has 3 aromatic rings. The van der Waals surface area contributed by atoms with Crippen molar-refractivity contribution in [3.8, 4) is 16.9 Å². The molecule has 0 spiro atoms. The Morgan fingerprint density at radius 3 is 2.66 bits per heavy atom. The lowest BCUT2D eigenvalue weighted by Gasteiger charge is -2.09. The monoisotopic (exact) mass is 433 g/mol. The minimum absolute atomic E-state index is 0.00720. The van der Waals surface area contributed by atoms with Crippen molar-refractivity contribution in [3.63, 3.8) is 0 Å². The van der Waals surface area contributed by atoms with Crippen molar-refractivity contribution >= 4 is 22.6 Å². The summed E-state index contributed by atoms with van der Waals surface area (Å²) in [7, 11) is 0. The van der Waals surface area contributed by atoms with Gasteiger partial charge in [-0.2, -0.15) is 4.37 Å². The van der Waals surface area contributed by atoms with Crippen molar-refractivity contribution in [3.05, 3.63) is 48.2 Å². The van der Waals surface area contributed by atoms with Gasteiger partial charge in [-0.15, -0.1) is 13.2 Å². The van der Waals surface area contributed by atoms with Crippen molar-refractivity contribution < 1.29 is 35.9 Å². The van der Waals surface area contributed by atoms with Gasteiger partial charge >= 0.3 is 6.36 Å². The lowest BCUT2D eigenvalue weighted by Crippen LogP contribution is -2.17. The molecule has 0 fully saturated rings. The number of hydrogen-bond acceptors (Lipinski definition) is 6. The van der Waals surface area contributed by atoms with Crippen LogP contribution in [0.4, 0.5) is 27.1 Å². The largest absolute Gasteiger partial charge is 0.573 e. The molecule has 2 aromatic heterocycles. The van der Waals surface area contributed by atoms with E-state index in [1.165, 1.54) is 24.5 Å². The number of hydrogen-bond donors (Lipinski definition) is 1. The average molecular weight is 433 g/mol. The summed E-state index contributed by atoms with van der Waals surface area (Å²) in [5.74, 6) is -4.39. The van der Waals surface area contributed by atoms with Crippen LogP contribution in [0.3, 0.4) is 0 Å². The van der Waals surface area contributed by atoms with E-state index < -0.39 is 30.4 Å². The Kier molecular flexibility index (Phi) is 5.55. The Hall–Kier alpha value is -3.02. The fraction of sp³-hybridized carbons (Fsp3) is 0.235. The predicted octanol–water partition coefficient (Wildman–Crippen LogP) is 5.15. The number of nitrogens with one attached hydrogen (secondary N) is 1. The molecule has 1 amide bonds. The highest BCUT2D eigenvalue weighted by Gasteiger charge is 2.31. The highest BCUT2D eigenvalue weighted by atomic mass is 32.1. The van der Waals surface area contributed by atoms with Crippen molar-refractivity contribution in [2.24, 2.45) is 0 Å². The molecule has 2 heterocycles. The maximum Gasteiger partial charge on any atom is 0.573 e. The number of amides is 1. The summed E-state index contributed by atoms with van der Waals surface area (Å²) in [4.78, 5) is 16.0. The minimum atomic E-state index is -4.83. The fourth-order valence-corrected chi connectivity index (χ4v) is 2.87. The number of alkyl halides is 5. The van der Waals surface area contributed by atoms with Gasteiger partial charge in [-0.25, -0.2) is 13.8 Å². The van der Waals surface area contributed by atoms with Crippen LogP contribution in [0, 0.1) is 0 Å². The fourth-order valence-electron chi connectivity index (χ4n) is 2.29. The molecule has 1 N–H and O–H groups in total. The van der Waals surface area contributed by atoms with Gasteiger partial charge in [0.2, 0.25) is 5.13 Å². The molecule has 0 aliphatic heterocycles. The minimum Gasteiger partial charge on any atom is -0.459 e. The number of carbonyl (C=O) groups excluding carboxylic acids is 1. The lowest BCUT2D eigenvalue weighted by atomic mass is 10.1. The number of furan rings is 1. The maximum atomic E-state index is 13.0. The molecular formula is C17H12F5N3O3S. The molecule has 0 bridgehead atoms. The number of benzene rings is 1. The van der Waals surface area contributed by atoms with E-state index >= 15 is 0 Å². The molecule has 29 heavy (non-hydrogen) atoms. The third-order valence-corrected chi connectivity index (χ3v) is 4.05. The summed E-state index contributed by atoms with van der Waals surface area (Å²) in [5.41, 5.74) is 0.671. The van der Waals surface area contributed by atoms with Crippen LogP contribution in [0.15, 0.2) is 41.0 Å². The lowest BCUT2D eigenvalue weighted by molar-refractivity contribution is -0.274. The van der Waals surface area contributed by atoms with E-state index in [1.54, 1.807) is 0 Å². The number of anilines is 1. The van der Waals surface area contributed by atoms with Crippen LogP contribution >= 0.6 is 11.5 Å². The highest BCUT2D eigenvalue weighted by molar-refractivity contribution is 7.09. The molecule has 0 saturated heterocycles. The van der Waals surface area contributed by atoms with Gasteiger partial charge in [0.25, 0.3) is 11.8 Å². The van der Waals surface area contributed by atoms with Crippen molar-refractivity contribution in [2.45, 2.75) is 25.6 Å². The number of carbonyl (C=O) groups is 1. The Morgan fingerprint density at radius 2 is 1.97 bits per heavy atom. The molecule has 0 saturated carbocycles. The molecule has 0 aliphatic rings. The standard InChI is InChI=1S/C17H12F5N3O3S/c1-16(18,19)7-13-23-15(29-25-13)24-14(26)12-6-10(8-27-12)9-3-2-4-11(5-9)28-17(20,21)22/h2-6,8H,7H2,1H3,(H,23,24,25,26). The zero-order valence-electron chi connectivity index (χ0n) is 14.6. The van der Waals surface area contributed by atoms with E-state index in [0.717, 1.165) is 30.6 Å². The van der Waals surface area contributed by atoms with Gasteiger partial charge in [0.15, 0.2) is 11.6 Å². The van der Waals surface area contributed by atoms with E-state index in [1.807, 2.05) is 0 Å². The van der Waals surface area contributed by atoms with Crippen LogP contribution in [0.2, 0.25) is 0 Å². The summed E-state index contributed by atoms with van der Waals surface area (Å²) in [6, 6.07) is 6.46. The number of rotatable bonds is 6. The molecule has 6 nitrogen and oxygen atoms in total. The second-order valence-electron chi connectivity index (χ2n) is 5.99. The molecule has 0 atom stereocenters. The van der Waals surface area contributed by atoms with E-state index in [9.17, 15) is 26.7 Å². The van der Waals surface area contributed by atoms with Crippen LogP contribution in [0.1, 0.15) is 23.3 Å². The molecule has 0 radical (unpaired) electrons. The van der Waals surface area contributed by atoms with Gasteiger partial charge in [0, 0.05) is 17.1 Å². The van der Waals surface area contributed by atoms with Crippen LogP contribution in [0.25, 0.3) is 11.1 Å². The molecule has 3 rings (SSSR count). The number of ether oxygens (including phenoxy) is 1. The third kappa shape index (κ3) is 5.98. The smallest absolute Gasteiger partial charge is 0.459 e. The van der Waals surface area contributed by atoms with Crippen LogP contribution in [-0.2, 0) is 6.42 Å². The van der Waals surface area contributed by atoms with Gasteiger partial charge in [-0.05, 0) is 30.7 Å². The first-order valence-electron chi connectivity index (χ1n) is 7.95. The van der Waals surface area contributed by atoms with Gasteiger partial charge in [0.1, 0.15) is 5.75 Å². The average Bonchev–Trinajstić information content (AvgIpc) is 3.21. The molecule has 1 aromatic carbocycles. The Bertz CT molecular complexity index is 1010. The Balaban J connectivity index is 1.70. The second kappa shape index (κ2) is 7.78. The van der Waals surface area contributed by atoms with Crippen LogP contribution in [-0.4, -0.2) is 27.5 Å². The van der Waals surface area contributed by atoms with Crippen LogP contribution in [0.5, 0.6) is 5.75 Å². The van der Waals surface area contributed by atoms with Gasteiger partial charge in [-0.1, -0.05) is 12.1 Å². The van der Waals surface area contributed by atoms with Gasteiger partial charge < -0.3 is 9.15 Å². The number of halogens is 5. The van der Waals surface area contributed by atoms with Gasteiger partial charge in [0.05, 0.1) is 12.7 Å². The quantitative estimate of drug-likeness (QED) is 0.545. The van der Waals surface area contributed by atoms with E-state index in [0.29, 0.717) is 11.1 Å². The Labute approximate surface area is 164 Å². The summed E-state index contributed by atoms with van der Waals surface area (Å²) in [6.07, 6.45) is -4.31. The summed E-state index contributed by atoms with van der Waals surface area (Å²) >= 11 is 0.733. The first-order chi connectivity index (χ1) is 13.5. The first kappa shape index (κ1) is 20.7. The predicted molar refractivity (Wildman–Crippen MR) is 93.0 cm³/mol. The van der Waals surface area contributed by atoms with Crippen molar-refractivity contribution in [1.29, 1.82) is 0 Å². The topological polar surface area (TPSA) is 77.2 Å². The molecule has 0 aliphatic carbocycles. The third-order valence-electron chi connectivity index (χ3n) is 3.38. The Morgan fingerprint density at radius 1 is 1.21 bits per heavy atom.